The van der Waals surface area contributed by atoms with E-state index in [-0.39, 0.29) is 16.4 Å². The number of thiophene rings is 1. The minimum atomic E-state index is -0.690. The maximum absolute atomic E-state index is 14.3. The van der Waals surface area contributed by atoms with Crippen LogP contribution in [0.1, 0.15) is 6.92 Å². The summed E-state index contributed by atoms with van der Waals surface area (Å²) in [6.07, 6.45) is 0. The van der Waals surface area contributed by atoms with Gasteiger partial charge in [-0.3, -0.25) is 0 Å². The van der Waals surface area contributed by atoms with E-state index in [2.05, 4.69) is 27.1 Å². The summed E-state index contributed by atoms with van der Waals surface area (Å²) in [5.74, 6) is -0.400. The third-order valence-corrected chi connectivity index (χ3v) is 5.39. The van der Waals surface area contributed by atoms with Crippen molar-refractivity contribution in [3.8, 4) is 11.4 Å². The van der Waals surface area contributed by atoms with E-state index in [1.165, 1.54) is 0 Å². The van der Waals surface area contributed by atoms with E-state index in [1.54, 1.807) is 11.3 Å². The highest BCUT2D eigenvalue weighted by molar-refractivity contribution is 7.17. The molecule has 2 aromatic heterocycles. The third kappa shape index (κ3) is 3.07. The summed E-state index contributed by atoms with van der Waals surface area (Å²) in [5, 5.41) is 5.06. The average Bonchev–Trinajstić information content (AvgIpc) is 3.05. The number of hydrogen-bond donors (Lipinski definition) is 1. The van der Waals surface area contributed by atoms with Gasteiger partial charge in [0.2, 0.25) is 0 Å². The molecule has 3 heterocycles. The molecular formula is C17H15ClF2N4S. The van der Waals surface area contributed by atoms with Crippen molar-refractivity contribution in [2.24, 2.45) is 0 Å². The van der Waals surface area contributed by atoms with Gasteiger partial charge in [-0.2, -0.15) is 0 Å². The van der Waals surface area contributed by atoms with E-state index in [0.717, 1.165) is 47.8 Å². The number of halogens is 3. The van der Waals surface area contributed by atoms with E-state index < -0.39 is 11.6 Å². The van der Waals surface area contributed by atoms with Crippen LogP contribution in [0, 0.1) is 11.6 Å². The summed E-state index contributed by atoms with van der Waals surface area (Å²) < 4.78 is 29.1. The van der Waals surface area contributed by atoms with Crippen LogP contribution in [0.5, 0.6) is 0 Å². The summed E-state index contributed by atoms with van der Waals surface area (Å²) in [4.78, 5) is 11.2. The Morgan fingerprint density at radius 3 is 2.92 bits per heavy atom. The highest BCUT2D eigenvalue weighted by Crippen LogP contribution is 2.33. The van der Waals surface area contributed by atoms with Crippen LogP contribution >= 0.6 is 22.9 Å². The minimum absolute atomic E-state index is 0.0134. The third-order valence-electron chi connectivity index (χ3n) is 4.20. The van der Waals surface area contributed by atoms with E-state index in [0.29, 0.717) is 6.04 Å². The molecule has 8 heteroatoms. The molecular weight excluding hydrogens is 366 g/mol. The van der Waals surface area contributed by atoms with Gasteiger partial charge in [-0.1, -0.05) is 11.6 Å². The summed E-state index contributed by atoms with van der Waals surface area (Å²) in [5.41, 5.74) is 0.741. The van der Waals surface area contributed by atoms with Crippen molar-refractivity contribution in [2.45, 2.75) is 13.0 Å². The van der Waals surface area contributed by atoms with Gasteiger partial charge in [0.05, 0.1) is 20.8 Å². The van der Waals surface area contributed by atoms with Gasteiger partial charge >= 0.3 is 0 Å². The van der Waals surface area contributed by atoms with Crippen LogP contribution in [0.2, 0.25) is 5.02 Å². The predicted octanol–water partition coefficient (Wildman–Crippen LogP) is 4.09. The van der Waals surface area contributed by atoms with Gasteiger partial charge in [0.25, 0.3) is 0 Å². The Kier molecular flexibility index (Phi) is 4.31. The Balaban J connectivity index is 1.87. The number of fused-ring (bicyclic) bond motifs is 1. The standard InChI is InChI=1S/C17H15ClF2N4S/c1-9-8-24(4-3-21-9)17-15-14(2-5-25-15)22-16(23-17)10-6-13(20)11(18)7-12(10)19/h2,5-7,9,21H,3-4,8H2,1H3. The molecule has 1 aliphatic rings. The molecule has 0 saturated carbocycles. The molecule has 1 aromatic carbocycles. The van der Waals surface area contributed by atoms with Crippen LogP contribution in [-0.2, 0) is 0 Å². The van der Waals surface area contributed by atoms with Crippen LogP contribution in [0.25, 0.3) is 21.6 Å². The summed E-state index contributed by atoms with van der Waals surface area (Å²) in [6.45, 7) is 4.54. The van der Waals surface area contributed by atoms with Crippen molar-refractivity contribution >= 4 is 39.0 Å². The molecule has 0 radical (unpaired) electrons. The smallest absolute Gasteiger partial charge is 0.165 e. The highest BCUT2D eigenvalue weighted by atomic mass is 35.5. The number of anilines is 1. The predicted molar refractivity (Wildman–Crippen MR) is 97.5 cm³/mol. The van der Waals surface area contributed by atoms with Gasteiger partial charge in [-0.25, -0.2) is 18.7 Å². The van der Waals surface area contributed by atoms with Crippen molar-refractivity contribution in [1.82, 2.24) is 15.3 Å². The van der Waals surface area contributed by atoms with Gasteiger partial charge in [0.15, 0.2) is 11.6 Å². The molecule has 0 spiro atoms. The SMILES string of the molecule is CC1CN(c2nc(-c3cc(F)c(Cl)cc3F)nc3ccsc23)CCN1. The molecule has 130 valence electrons. The lowest BCUT2D eigenvalue weighted by atomic mass is 10.2. The van der Waals surface area contributed by atoms with Gasteiger partial charge in [-0.15, -0.1) is 11.3 Å². The van der Waals surface area contributed by atoms with Gasteiger partial charge in [-0.05, 0) is 30.5 Å². The molecule has 0 amide bonds. The van der Waals surface area contributed by atoms with Gasteiger partial charge in [0.1, 0.15) is 11.6 Å². The molecule has 1 fully saturated rings. The number of hydrogen-bond acceptors (Lipinski definition) is 5. The van der Waals surface area contributed by atoms with Crippen LogP contribution in [0.15, 0.2) is 23.6 Å². The number of piperazine rings is 1. The Morgan fingerprint density at radius 1 is 1.28 bits per heavy atom. The van der Waals surface area contributed by atoms with Crippen molar-refractivity contribution in [1.29, 1.82) is 0 Å². The normalized spacial score (nSPS) is 18.1. The second-order valence-corrected chi connectivity index (χ2v) is 7.38. The molecule has 4 rings (SSSR count). The first-order chi connectivity index (χ1) is 12.0. The Hall–Kier alpha value is -1.83. The van der Waals surface area contributed by atoms with Crippen LogP contribution in [-0.4, -0.2) is 35.6 Å². The molecule has 0 bridgehead atoms. The first kappa shape index (κ1) is 16.6. The first-order valence-electron chi connectivity index (χ1n) is 7.91. The van der Waals surface area contributed by atoms with E-state index in [9.17, 15) is 8.78 Å². The van der Waals surface area contributed by atoms with Crippen molar-refractivity contribution < 1.29 is 8.78 Å². The molecule has 1 saturated heterocycles. The molecule has 1 N–H and O–H groups in total. The maximum Gasteiger partial charge on any atom is 0.165 e. The first-order valence-corrected chi connectivity index (χ1v) is 9.17. The quantitative estimate of drug-likeness (QED) is 0.680. The number of benzene rings is 1. The lowest BCUT2D eigenvalue weighted by molar-refractivity contribution is 0.483. The zero-order chi connectivity index (χ0) is 17.6. The topological polar surface area (TPSA) is 41.1 Å². The number of nitrogens with zero attached hydrogens (tertiary/aromatic N) is 3. The van der Waals surface area contributed by atoms with E-state index >= 15 is 0 Å². The molecule has 3 aromatic rings. The lowest BCUT2D eigenvalue weighted by Crippen LogP contribution is -2.49. The van der Waals surface area contributed by atoms with Crippen LogP contribution < -0.4 is 10.2 Å². The molecule has 0 aliphatic carbocycles. The van der Waals surface area contributed by atoms with Gasteiger partial charge < -0.3 is 10.2 Å². The lowest BCUT2D eigenvalue weighted by Gasteiger charge is -2.33. The molecule has 1 aliphatic heterocycles. The van der Waals surface area contributed by atoms with Crippen molar-refractivity contribution in [3.05, 3.63) is 40.2 Å². The fraction of sp³-hybridized carbons (Fsp3) is 0.294. The van der Waals surface area contributed by atoms with Gasteiger partial charge in [0, 0.05) is 25.7 Å². The number of aromatic nitrogens is 2. The monoisotopic (exact) mass is 380 g/mol. The summed E-state index contributed by atoms with van der Waals surface area (Å²) >= 11 is 7.20. The molecule has 25 heavy (non-hydrogen) atoms. The van der Waals surface area contributed by atoms with Crippen molar-refractivity contribution in [2.75, 3.05) is 24.5 Å². The largest absolute Gasteiger partial charge is 0.352 e. The average molecular weight is 381 g/mol. The minimum Gasteiger partial charge on any atom is -0.352 e. The zero-order valence-electron chi connectivity index (χ0n) is 13.4. The van der Waals surface area contributed by atoms with E-state index in [4.69, 9.17) is 11.6 Å². The second-order valence-electron chi connectivity index (χ2n) is 6.05. The summed E-state index contributed by atoms with van der Waals surface area (Å²) in [7, 11) is 0. The number of rotatable bonds is 2. The fourth-order valence-corrected chi connectivity index (χ4v) is 4.00. The van der Waals surface area contributed by atoms with Crippen LogP contribution in [0.3, 0.4) is 0 Å². The molecule has 1 atom stereocenters. The Labute approximate surface area is 152 Å². The second kappa shape index (κ2) is 6.48. The molecule has 1 unspecified atom stereocenters. The fourth-order valence-electron chi connectivity index (χ4n) is 3.00. The number of nitrogens with one attached hydrogen (secondary N) is 1. The van der Waals surface area contributed by atoms with Crippen LogP contribution in [0.4, 0.5) is 14.6 Å². The molecule has 4 nitrogen and oxygen atoms in total. The highest BCUT2D eigenvalue weighted by Gasteiger charge is 2.22. The zero-order valence-corrected chi connectivity index (χ0v) is 15.0. The Bertz CT molecular complexity index is 946. The van der Waals surface area contributed by atoms with E-state index in [1.807, 2.05) is 11.4 Å². The Morgan fingerprint density at radius 2 is 2.12 bits per heavy atom. The summed E-state index contributed by atoms with van der Waals surface area (Å²) in [6, 6.07) is 4.20. The van der Waals surface area contributed by atoms with Crippen molar-refractivity contribution in [3.63, 3.8) is 0 Å². The maximum atomic E-state index is 14.3.